The second-order valence-corrected chi connectivity index (χ2v) is 9.63. The first-order valence-electron chi connectivity index (χ1n) is 9.45. The van der Waals surface area contributed by atoms with Crippen LogP contribution in [0.15, 0.2) is 41.4 Å². The number of anilines is 2. The molecule has 152 valence electrons. The highest BCUT2D eigenvalue weighted by molar-refractivity contribution is 7.16. The van der Waals surface area contributed by atoms with Crippen molar-refractivity contribution in [1.29, 1.82) is 0 Å². The maximum Gasteiger partial charge on any atom is 0.239 e. The molecule has 1 unspecified atom stereocenters. The van der Waals surface area contributed by atoms with E-state index in [1.54, 1.807) is 11.9 Å². The van der Waals surface area contributed by atoms with Crippen molar-refractivity contribution in [2.24, 2.45) is 16.1 Å². The predicted octanol–water partition coefficient (Wildman–Crippen LogP) is 2.49. The van der Waals surface area contributed by atoms with Gasteiger partial charge in [-0.05, 0) is 50.6 Å². The number of hydrogen-bond donors (Lipinski definition) is 2. The molecule has 0 spiro atoms. The fourth-order valence-corrected chi connectivity index (χ4v) is 4.97. The van der Waals surface area contributed by atoms with Crippen molar-refractivity contribution in [3.63, 3.8) is 0 Å². The van der Waals surface area contributed by atoms with Crippen LogP contribution in [0.2, 0.25) is 0 Å². The van der Waals surface area contributed by atoms with Crippen LogP contribution in [0.1, 0.15) is 37.1 Å². The Morgan fingerprint density at radius 2 is 1.72 bits per heavy atom. The van der Waals surface area contributed by atoms with Crippen molar-refractivity contribution in [2.75, 3.05) is 24.2 Å². The predicted molar refractivity (Wildman–Crippen MR) is 116 cm³/mol. The number of nitrogens with zero attached hydrogens (tertiary/aromatic N) is 3. The van der Waals surface area contributed by atoms with Crippen LogP contribution in [-0.2, 0) is 15.1 Å². The largest absolute Gasteiger partial charge is 0.391 e. The molecule has 2 aliphatic heterocycles. The molecule has 29 heavy (non-hydrogen) atoms. The third-order valence-corrected chi connectivity index (χ3v) is 7.01. The molecule has 1 aromatic heterocycles. The normalized spacial score (nSPS) is 26.3. The van der Waals surface area contributed by atoms with Gasteiger partial charge in [0.15, 0.2) is 5.96 Å². The Labute approximate surface area is 174 Å². The van der Waals surface area contributed by atoms with Crippen LogP contribution in [0.5, 0.6) is 0 Å². The van der Waals surface area contributed by atoms with E-state index in [9.17, 15) is 9.59 Å². The topological polar surface area (TPSA) is 105 Å². The summed E-state index contributed by atoms with van der Waals surface area (Å²) in [6.45, 7) is 6.48. The quantitative estimate of drug-likeness (QED) is 0.757. The minimum atomic E-state index is -0.855. The van der Waals surface area contributed by atoms with Crippen molar-refractivity contribution in [1.82, 2.24) is 4.90 Å². The van der Waals surface area contributed by atoms with E-state index in [-0.39, 0.29) is 23.2 Å². The number of carbonyl (C=O) groups excluding carboxylic acids is 2. The second kappa shape index (κ2) is 6.32. The van der Waals surface area contributed by atoms with Crippen LogP contribution < -0.4 is 16.4 Å². The molecule has 3 heterocycles. The molecule has 0 radical (unpaired) electrons. The van der Waals surface area contributed by atoms with Gasteiger partial charge in [0.1, 0.15) is 5.54 Å². The minimum absolute atomic E-state index is 0.106. The smallest absolute Gasteiger partial charge is 0.239 e. The Bertz CT molecular complexity index is 1030. The highest BCUT2D eigenvalue weighted by Gasteiger charge is 2.48. The van der Waals surface area contributed by atoms with E-state index in [0.29, 0.717) is 11.5 Å². The van der Waals surface area contributed by atoms with Crippen LogP contribution in [-0.4, -0.2) is 36.3 Å². The number of carbonyl (C=O) groups is 2. The maximum absolute atomic E-state index is 13.2. The molecule has 1 fully saturated rings. The number of hydrogen-bond acceptors (Lipinski definition) is 6. The Kier molecular flexibility index (Phi) is 4.24. The number of thiophene rings is 1. The number of β-lactam (4-membered cyclic amide) rings is 1. The summed E-state index contributed by atoms with van der Waals surface area (Å²) in [5.74, 6) is -0.378. The monoisotopic (exact) mass is 411 g/mol. The molecule has 2 aliphatic rings. The van der Waals surface area contributed by atoms with Gasteiger partial charge in [0.25, 0.3) is 0 Å². The molecule has 2 aromatic rings. The number of aliphatic imine (C=N–C) groups is 1. The number of amides is 2. The van der Waals surface area contributed by atoms with Gasteiger partial charge in [-0.1, -0.05) is 12.1 Å². The molecular formula is C21H25N5O2S. The van der Waals surface area contributed by atoms with E-state index < -0.39 is 11.5 Å². The summed E-state index contributed by atoms with van der Waals surface area (Å²) in [5, 5.41) is 0.661. The minimum Gasteiger partial charge on any atom is -0.391 e. The number of rotatable bonds is 3. The van der Waals surface area contributed by atoms with Gasteiger partial charge in [0.2, 0.25) is 11.8 Å². The first kappa shape index (κ1) is 19.4. The molecule has 1 saturated heterocycles. The lowest BCUT2D eigenvalue weighted by atomic mass is 9.77. The van der Waals surface area contributed by atoms with E-state index in [1.165, 1.54) is 16.2 Å². The van der Waals surface area contributed by atoms with Crippen LogP contribution >= 0.6 is 11.3 Å². The van der Waals surface area contributed by atoms with Gasteiger partial charge in [-0.15, -0.1) is 11.3 Å². The third kappa shape index (κ3) is 2.90. The average molecular weight is 412 g/mol. The van der Waals surface area contributed by atoms with Crippen molar-refractivity contribution in [2.45, 2.75) is 32.2 Å². The van der Waals surface area contributed by atoms with Crippen LogP contribution in [0.4, 0.5) is 10.7 Å². The van der Waals surface area contributed by atoms with Gasteiger partial charge in [-0.3, -0.25) is 14.5 Å². The Morgan fingerprint density at radius 3 is 2.24 bits per heavy atom. The van der Waals surface area contributed by atoms with Gasteiger partial charge < -0.3 is 16.4 Å². The summed E-state index contributed by atoms with van der Waals surface area (Å²) >= 11 is 1.41. The van der Waals surface area contributed by atoms with E-state index in [2.05, 4.69) is 0 Å². The standard InChI is InChI=1S/C21H25N5O2S/c1-20(2)11-26(18(20)28)13-7-5-12(6-8-13)16-17(27)25(4)19(23)24-21(16,3)14-9-10-15(22)29-14/h5-10,16H,11,22H2,1-4H3,(H2,23,24)/t16?,21-/m1/s1. The number of guanidine groups is 1. The van der Waals surface area contributed by atoms with E-state index >= 15 is 0 Å². The highest BCUT2D eigenvalue weighted by atomic mass is 32.1. The van der Waals surface area contributed by atoms with Crippen molar-refractivity contribution in [3.05, 3.63) is 46.8 Å². The molecular weight excluding hydrogens is 386 g/mol. The molecule has 0 bridgehead atoms. The Balaban J connectivity index is 1.73. The fraction of sp³-hybridized carbons (Fsp3) is 0.381. The van der Waals surface area contributed by atoms with E-state index in [4.69, 9.17) is 16.5 Å². The molecule has 2 amide bonds. The number of nitrogens with two attached hydrogens (primary N) is 2. The molecule has 4 N–H and O–H groups in total. The molecule has 8 heteroatoms. The zero-order valence-corrected chi connectivity index (χ0v) is 17.8. The number of likely N-dealkylation sites (N-methyl/N-ethyl adjacent to an activating group) is 1. The summed E-state index contributed by atoms with van der Waals surface area (Å²) in [7, 11) is 1.63. The second-order valence-electron chi connectivity index (χ2n) is 8.52. The van der Waals surface area contributed by atoms with Crippen molar-refractivity contribution < 1.29 is 9.59 Å². The summed E-state index contributed by atoms with van der Waals surface area (Å²) < 4.78 is 0. The van der Waals surface area contributed by atoms with Gasteiger partial charge in [-0.25, -0.2) is 4.99 Å². The van der Waals surface area contributed by atoms with Crippen LogP contribution in [0, 0.1) is 5.41 Å². The maximum atomic E-state index is 13.2. The molecule has 1 aromatic carbocycles. The highest BCUT2D eigenvalue weighted by Crippen LogP contribution is 2.47. The van der Waals surface area contributed by atoms with E-state index in [1.807, 2.05) is 57.2 Å². The Morgan fingerprint density at radius 1 is 1.07 bits per heavy atom. The molecule has 4 rings (SSSR count). The SMILES string of the molecule is CN1C(=O)C(c2ccc(N3CC(C)(C)C3=O)cc2)[C@@](C)(c2ccc(N)s2)N=C1N. The van der Waals surface area contributed by atoms with Crippen molar-refractivity contribution in [3.8, 4) is 0 Å². The number of benzene rings is 1. The summed E-state index contributed by atoms with van der Waals surface area (Å²) in [5.41, 5.74) is 12.5. The average Bonchev–Trinajstić information content (AvgIpc) is 3.12. The summed E-state index contributed by atoms with van der Waals surface area (Å²) in [6.07, 6.45) is 0. The first-order chi connectivity index (χ1) is 13.5. The molecule has 0 aliphatic carbocycles. The van der Waals surface area contributed by atoms with Gasteiger partial charge >= 0.3 is 0 Å². The fourth-order valence-electron chi connectivity index (χ4n) is 4.08. The van der Waals surface area contributed by atoms with Gasteiger partial charge in [-0.2, -0.15) is 0 Å². The summed E-state index contributed by atoms with van der Waals surface area (Å²) in [6, 6.07) is 11.3. The van der Waals surface area contributed by atoms with E-state index in [0.717, 1.165) is 16.1 Å². The number of nitrogen functional groups attached to an aromatic ring is 1. The van der Waals surface area contributed by atoms with Gasteiger partial charge in [0.05, 0.1) is 16.3 Å². The molecule has 2 atom stereocenters. The zero-order chi connectivity index (χ0) is 21.1. The van der Waals surface area contributed by atoms with Crippen LogP contribution in [0.3, 0.4) is 0 Å². The lowest BCUT2D eigenvalue weighted by Crippen LogP contribution is -2.58. The van der Waals surface area contributed by atoms with Crippen molar-refractivity contribution >= 4 is 39.8 Å². The molecule has 0 saturated carbocycles. The molecule has 7 nitrogen and oxygen atoms in total. The lowest BCUT2D eigenvalue weighted by molar-refractivity contribution is -0.133. The Hall–Kier alpha value is -2.87. The first-order valence-corrected chi connectivity index (χ1v) is 10.3. The summed E-state index contributed by atoms with van der Waals surface area (Å²) in [4.78, 5) is 34.3. The lowest BCUT2D eigenvalue weighted by Gasteiger charge is -2.44. The van der Waals surface area contributed by atoms with Crippen LogP contribution in [0.25, 0.3) is 0 Å². The zero-order valence-electron chi connectivity index (χ0n) is 17.0. The van der Waals surface area contributed by atoms with Gasteiger partial charge in [0, 0.05) is 24.2 Å². The third-order valence-electron chi connectivity index (χ3n) is 5.87.